The average Bonchev–Trinajstić information content (AvgIpc) is 3.39. The number of nitrogens with one attached hydrogen (secondary N) is 3. The second-order valence-electron chi connectivity index (χ2n) is 7.99. The Labute approximate surface area is 201 Å². The van der Waals surface area contributed by atoms with Gasteiger partial charge in [-0.25, -0.2) is 0 Å². The van der Waals surface area contributed by atoms with Crippen molar-refractivity contribution in [1.82, 2.24) is 15.5 Å². The Balaban J connectivity index is 1.37. The maximum atomic E-state index is 12.6. The molecule has 1 aliphatic rings. The van der Waals surface area contributed by atoms with Gasteiger partial charge in [-0.15, -0.1) is 0 Å². The van der Waals surface area contributed by atoms with Crippen molar-refractivity contribution in [2.75, 3.05) is 5.32 Å². The van der Waals surface area contributed by atoms with Crippen molar-refractivity contribution in [3.05, 3.63) is 80.9 Å². The van der Waals surface area contributed by atoms with Gasteiger partial charge in [0.2, 0.25) is 0 Å². The molecule has 1 unspecified atom stereocenters. The van der Waals surface area contributed by atoms with Crippen molar-refractivity contribution in [2.24, 2.45) is 0 Å². The van der Waals surface area contributed by atoms with Gasteiger partial charge in [0.25, 0.3) is 5.91 Å². The Bertz CT molecular complexity index is 1060. The molecule has 32 heavy (non-hydrogen) atoms. The minimum Gasteiger partial charge on any atom is -0.372 e. The molecule has 3 N–H and O–H groups in total. The SMILES string of the molecule is CC(N[C@H]1CCC[C@@H]1OCc1ccccc1)c1[nH]nc(NC(=O)c2ccccc2Cl)c1Br. The highest BCUT2D eigenvalue weighted by Gasteiger charge is 2.30. The number of amides is 1. The summed E-state index contributed by atoms with van der Waals surface area (Å²) in [7, 11) is 0. The summed E-state index contributed by atoms with van der Waals surface area (Å²) in [6.07, 6.45) is 3.40. The average molecular weight is 518 g/mol. The number of ether oxygens (including phenoxy) is 1. The van der Waals surface area contributed by atoms with E-state index in [9.17, 15) is 4.79 Å². The Morgan fingerprint density at radius 2 is 1.97 bits per heavy atom. The molecule has 0 saturated heterocycles. The zero-order valence-electron chi connectivity index (χ0n) is 17.8. The molecule has 0 radical (unpaired) electrons. The molecule has 1 saturated carbocycles. The van der Waals surface area contributed by atoms with E-state index in [0.29, 0.717) is 23.0 Å². The number of carbonyl (C=O) groups is 1. The van der Waals surface area contributed by atoms with Gasteiger partial charge in [0.05, 0.1) is 33.5 Å². The van der Waals surface area contributed by atoms with E-state index in [4.69, 9.17) is 16.3 Å². The van der Waals surface area contributed by atoms with Crippen LogP contribution in [-0.4, -0.2) is 28.3 Å². The lowest BCUT2D eigenvalue weighted by Gasteiger charge is -2.25. The number of anilines is 1. The third-order valence-corrected chi connectivity index (χ3v) is 6.87. The predicted octanol–water partition coefficient (Wildman–Crippen LogP) is 5.87. The molecule has 168 valence electrons. The molecular weight excluding hydrogens is 492 g/mol. The lowest BCUT2D eigenvalue weighted by molar-refractivity contribution is 0.0256. The van der Waals surface area contributed by atoms with Gasteiger partial charge < -0.3 is 15.4 Å². The van der Waals surface area contributed by atoms with Crippen LogP contribution in [0.1, 0.15) is 53.8 Å². The number of nitrogens with zero attached hydrogens (tertiary/aromatic N) is 1. The maximum Gasteiger partial charge on any atom is 0.258 e. The summed E-state index contributed by atoms with van der Waals surface area (Å²) in [5.74, 6) is 0.127. The smallest absolute Gasteiger partial charge is 0.258 e. The molecule has 1 aromatic heterocycles. The molecule has 0 bridgehead atoms. The highest BCUT2D eigenvalue weighted by molar-refractivity contribution is 9.10. The van der Waals surface area contributed by atoms with Crippen molar-refractivity contribution in [3.63, 3.8) is 0 Å². The van der Waals surface area contributed by atoms with Crippen LogP contribution in [0.3, 0.4) is 0 Å². The first-order valence-electron chi connectivity index (χ1n) is 10.7. The van der Waals surface area contributed by atoms with Gasteiger partial charge in [0.15, 0.2) is 5.82 Å². The fourth-order valence-corrected chi connectivity index (χ4v) is 4.87. The van der Waals surface area contributed by atoms with Crippen LogP contribution in [0.2, 0.25) is 5.02 Å². The van der Waals surface area contributed by atoms with Gasteiger partial charge in [-0.2, -0.15) is 5.10 Å². The van der Waals surface area contributed by atoms with Crippen LogP contribution in [-0.2, 0) is 11.3 Å². The first-order chi connectivity index (χ1) is 15.5. The Morgan fingerprint density at radius 3 is 2.75 bits per heavy atom. The largest absolute Gasteiger partial charge is 0.372 e. The summed E-state index contributed by atoms with van der Waals surface area (Å²) in [5, 5.41) is 14.2. The molecule has 3 atom stereocenters. The maximum absolute atomic E-state index is 12.6. The van der Waals surface area contributed by atoms with Gasteiger partial charge >= 0.3 is 0 Å². The molecule has 1 fully saturated rings. The van der Waals surface area contributed by atoms with E-state index in [-0.39, 0.29) is 24.1 Å². The quantitative estimate of drug-likeness (QED) is 0.349. The first kappa shape index (κ1) is 23.0. The van der Waals surface area contributed by atoms with Gasteiger partial charge in [-0.05, 0) is 59.8 Å². The van der Waals surface area contributed by atoms with Gasteiger partial charge in [0, 0.05) is 12.1 Å². The third kappa shape index (κ3) is 5.41. The molecular formula is C24H26BrClN4O2. The monoisotopic (exact) mass is 516 g/mol. The number of benzene rings is 2. The molecule has 1 amide bonds. The summed E-state index contributed by atoms with van der Waals surface area (Å²) in [5.41, 5.74) is 2.45. The molecule has 4 rings (SSSR count). The van der Waals surface area contributed by atoms with Crippen molar-refractivity contribution in [1.29, 1.82) is 0 Å². The Hall–Kier alpha value is -2.19. The summed E-state index contributed by atoms with van der Waals surface area (Å²) >= 11 is 9.72. The van der Waals surface area contributed by atoms with E-state index in [1.165, 1.54) is 5.56 Å². The van der Waals surface area contributed by atoms with Crippen LogP contribution < -0.4 is 10.6 Å². The highest BCUT2D eigenvalue weighted by atomic mass is 79.9. The van der Waals surface area contributed by atoms with Crippen LogP contribution in [0.25, 0.3) is 0 Å². The topological polar surface area (TPSA) is 79.0 Å². The summed E-state index contributed by atoms with van der Waals surface area (Å²) in [6.45, 7) is 2.69. The molecule has 0 aliphatic heterocycles. The second kappa shape index (κ2) is 10.6. The number of hydrogen-bond acceptors (Lipinski definition) is 4. The zero-order chi connectivity index (χ0) is 22.5. The lowest BCUT2D eigenvalue weighted by atomic mass is 10.1. The fraction of sp³-hybridized carbons (Fsp3) is 0.333. The Kier molecular flexibility index (Phi) is 7.63. The van der Waals surface area contributed by atoms with Gasteiger partial charge in [-0.1, -0.05) is 54.1 Å². The number of aromatic nitrogens is 2. The first-order valence-corrected chi connectivity index (χ1v) is 11.9. The number of H-pyrrole nitrogens is 1. The summed E-state index contributed by atoms with van der Waals surface area (Å²) < 4.78 is 6.94. The minimum atomic E-state index is -0.305. The van der Waals surface area contributed by atoms with E-state index < -0.39 is 0 Å². The van der Waals surface area contributed by atoms with E-state index >= 15 is 0 Å². The number of carbonyl (C=O) groups excluding carboxylic acids is 1. The molecule has 1 aliphatic carbocycles. The Morgan fingerprint density at radius 1 is 1.22 bits per heavy atom. The highest BCUT2D eigenvalue weighted by Crippen LogP contribution is 2.31. The molecule has 1 heterocycles. The second-order valence-corrected chi connectivity index (χ2v) is 9.19. The van der Waals surface area contributed by atoms with Gasteiger partial charge in [-0.3, -0.25) is 9.89 Å². The number of aromatic amines is 1. The van der Waals surface area contributed by atoms with E-state index in [0.717, 1.165) is 29.4 Å². The number of rotatable bonds is 8. The molecule has 6 nitrogen and oxygen atoms in total. The summed E-state index contributed by atoms with van der Waals surface area (Å²) in [4.78, 5) is 12.6. The van der Waals surface area contributed by atoms with Crippen LogP contribution in [0.4, 0.5) is 5.82 Å². The molecule has 8 heteroatoms. The third-order valence-electron chi connectivity index (χ3n) is 5.74. The van der Waals surface area contributed by atoms with E-state index in [1.54, 1.807) is 24.3 Å². The zero-order valence-corrected chi connectivity index (χ0v) is 20.1. The molecule has 3 aromatic rings. The fourth-order valence-electron chi connectivity index (χ4n) is 4.03. The van der Waals surface area contributed by atoms with Gasteiger partial charge in [0.1, 0.15) is 0 Å². The molecule has 0 spiro atoms. The van der Waals surface area contributed by atoms with E-state index in [1.807, 2.05) is 18.2 Å². The van der Waals surface area contributed by atoms with Crippen molar-refractivity contribution >= 4 is 39.3 Å². The lowest BCUT2D eigenvalue weighted by Crippen LogP contribution is -2.39. The number of halogens is 2. The summed E-state index contributed by atoms with van der Waals surface area (Å²) in [6, 6.07) is 17.4. The normalized spacial score (nSPS) is 19.1. The van der Waals surface area contributed by atoms with E-state index in [2.05, 4.69) is 55.8 Å². The van der Waals surface area contributed by atoms with Crippen LogP contribution in [0.15, 0.2) is 59.1 Å². The molecule has 2 aromatic carbocycles. The minimum absolute atomic E-state index is 0.00577. The van der Waals surface area contributed by atoms with Crippen LogP contribution >= 0.6 is 27.5 Å². The standard InChI is InChI=1S/C24H26BrClN4O2/c1-15(27-19-12-7-13-20(19)32-14-16-8-3-2-4-9-16)22-21(25)23(30-29-22)28-24(31)17-10-5-6-11-18(17)26/h2-6,8-11,15,19-20,27H,7,12-14H2,1H3,(H2,28,29,30,31)/t15?,19-,20-/m0/s1. The number of hydrogen-bond donors (Lipinski definition) is 3. The van der Waals surface area contributed by atoms with Crippen molar-refractivity contribution < 1.29 is 9.53 Å². The van der Waals surface area contributed by atoms with Crippen molar-refractivity contribution in [3.8, 4) is 0 Å². The van der Waals surface area contributed by atoms with Crippen LogP contribution in [0.5, 0.6) is 0 Å². The van der Waals surface area contributed by atoms with Crippen LogP contribution in [0, 0.1) is 0 Å². The predicted molar refractivity (Wildman–Crippen MR) is 130 cm³/mol. The van der Waals surface area contributed by atoms with Crippen molar-refractivity contribution in [2.45, 2.75) is 51.0 Å².